The van der Waals surface area contributed by atoms with Gasteiger partial charge in [-0.3, -0.25) is 0 Å². The summed E-state index contributed by atoms with van der Waals surface area (Å²) in [6, 6.07) is 2.27. The highest BCUT2D eigenvalue weighted by atomic mass is 79.9. The molecular formula is C11H10BrF2N3O2S. The zero-order valence-electron chi connectivity index (χ0n) is 10.0. The van der Waals surface area contributed by atoms with E-state index in [2.05, 4.69) is 30.0 Å². The molecule has 1 heterocycles. The first-order chi connectivity index (χ1) is 9.56. The van der Waals surface area contributed by atoms with E-state index in [1.54, 1.807) is 0 Å². The van der Waals surface area contributed by atoms with Crippen LogP contribution in [0.3, 0.4) is 0 Å². The molecule has 0 radical (unpaired) electrons. The Hall–Kier alpha value is -1.32. The molecule has 5 nitrogen and oxygen atoms in total. The number of ether oxygens (including phenoxy) is 1. The molecule has 9 heteroatoms. The monoisotopic (exact) mass is 365 g/mol. The Morgan fingerprint density at radius 1 is 1.40 bits per heavy atom. The van der Waals surface area contributed by atoms with Crippen molar-refractivity contribution in [2.24, 2.45) is 0 Å². The Balaban J connectivity index is 1.85. The minimum absolute atomic E-state index is 0.0574. The molecule has 0 spiro atoms. The number of benzene rings is 1. The summed E-state index contributed by atoms with van der Waals surface area (Å²) in [5.41, 5.74) is -0.289. The number of aromatic nitrogens is 2. The number of hydrogen-bond acceptors (Lipinski definition) is 6. The van der Waals surface area contributed by atoms with Crippen LogP contribution in [0.4, 0.5) is 14.5 Å². The van der Waals surface area contributed by atoms with Gasteiger partial charge in [0.15, 0.2) is 0 Å². The van der Waals surface area contributed by atoms with Gasteiger partial charge in [-0.15, -0.1) is 4.37 Å². The average Bonchev–Trinajstić information content (AvgIpc) is 2.88. The summed E-state index contributed by atoms with van der Waals surface area (Å²) in [4.78, 5) is 0. The molecule has 1 aromatic heterocycles. The molecule has 0 bridgehead atoms. The van der Waals surface area contributed by atoms with E-state index < -0.39 is 17.7 Å². The van der Waals surface area contributed by atoms with E-state index in [9.17, 15) is 13.9 Å². The fourth-order valence-corrected chi connectivity index (χ4v) is 2.16. The molecule has 2 N–H and O–H groups in total. The van der Waals surface area contributed by atoms with Crippen molar-refractivity contribution in [3.05, 3.63) is 34.4 Å². The van der Waals surface area contributed by atoms with Gasteiger partial charge < -0.3 is 15.2 Å². The zero-order chi connectivity index (χ0) is 14.5. The minimum Gasteiger partial charge on any atom is -0.473 e. The van der Waals surface area contributed by atoms with Crippen molar-refractivity contribution in [2.45, 2.75) is 6.10 Å². The average molecular weight is 366 g/mol. The van der Waals surface area contributed by atoms with E-state index in [0.29, 0.717) is 10.4 Å². The smallest absolute Gasteiger partial charge is 0.245 e. The fraction of sp³-hybridized carbons (Fsp3) is 0.273. The second kappa shape index (κ2) is 6.91. The van der Waals surface area contributed by atoms with Crippen LogP contribution in [-0.4, -0.2) is 33.1 Å². The molecule has 1 aromatic carbocycles. The van der Waals surface area contributed by atoms with Gasteiger partial charge in [-0.2, -0.15) is 4.37 Å². The molecule has 108 valence electrons. The van der Waals surface area contributed by atoms with E-state index in [0.717, 1.165) is 23.9 Å². The van der Waals surface area contributed by atoms with E-state index in [1.807, 2.05) is 0 Å². The highest BCUT2D eigenvalue weighted by Gasteiger charge is 2.13. The molecule has 0 fully saturated rings. The first kappa shape index (κ1) is 15.1. The summed E-state index contributed by atoms with van der Waals surface area (Å²) in [6.07, 6.45) is 0.470. The van der Waals surface area contributed by atoms with E-state index in [4.69, 9.17) is 4.74 Å². The van der Waals surface area contributed by atoms with Gasteiger partial charge in [0.1, 0.15) is 36.2 Å². The topological polar surface area (TPSA) is 67.3 Å². The standard InChI is InChI=1S/C11H10BrF2N3O2S/c12-6-1-8(13)11(9(14)2-6)15-3-7(18)5-19-10-4-16-20-17-10/h1-2,4,7,15,18H,3,5H2. The van der Waals surface area contributed by atoms with Gasteiger partial charge in [0.2, 0.25) is 5.88 Å². The van der Waals surface area contributed by atoms with E-state index >= 15 is 0 Å². The van der Waals surface area contributed by atoms with E-state index in [-0.39, 0.29) is 18.8 Å². The van der Waals surface area contributed by atoms with Crippen LogP contribution in [0.25, 0.3) is 0 Å². The molecule has 0 amide bonds. The Morgan fingerprint density at radius 3 is 2.70 bits per heavy atom. The third kappa shape index (κ3) is 4.09. The fourth-order valence-electron chi connectivity index (χ4n) is 1.39. The molecule has 20 heavy (non-hydrogen) atoms. The van der Waals surface area contributed by atoms with Crippen LogP contribution in [0.1, 0.15) is 0 Å². The lowest BCUT2D eigenvalue weighted by molar-refractivity contribution is 0.115. The van der Waals surface area contributed by atoms with Gasteiger partial charge in [0.05, 0.1) is 11.7 Å². The van der Waals surface area contributed by atoms with Gasteiger partial charge in [-0.1, -0.05) is 15.9 Å². The van der Waals surface area contributed by atoms with Crippen molar-refractivity contribution < 1.29 is 18.6 Å². The number of aliphatic hydroxyl groups excluding tert-OH is 1. The lowest BCUT2D eigenvalue weighted by atomic mass is 10.2. The lowest BCUT2D eigenvalue weighted by Gasteiger charge is -2.14. The second-order valence-electron chi connectivity index (χ2n) is 3.84. The van der Waals surface area contributed by atoms with Gasteiger partial charge >= 0.3 is 0 Å². The highest BCUT2D eigenvalue weighted by molar-refractivity contribution is 9.10. The number of rotatable bonds is 6. The summed E-state index contributed by atoms with van der Waals surface area (Å²) in [5.74, 6) is -1.18. The van der Waals surface area contributed by atoms with Crippen LogP contribution in [-0.2, 0) is 0 Å². The molecule has 2 aromatic rings. The van der Waals surface area contributed by atoms with Crippen molar-refractivity contribution in [1.29, 1.82) is 0 Å². The number of anilines is 1. The summed E-state index contributed by atoms with van der Waals surface area (Å²) in [5, 5.41) is 12.2. The van der Waals surface area contributed by atoms with Crippen LogP contribution in [0.15, 0.2) is 22.8 Å². The number of halogens is 3. The maximum Gasteiger partial charge on any atom is 0.245 e. The van der Waals surface area contributed by atoms with Crippen LogP contribution in [0, 0.1) is 11.6 Å². The molecular weight excluding hydrogens is 356 g/mol. The lowest BCUT2D eigenvalue weighted by Crippen LogP contribution is -2.27. The summed E-state index contributed by atoms with van der Waals surface area (Å²) < 4.78 is 40.0. The maximum atomic E-state index is 13.5. The summed E-state index contributed by atoms with van der Waals surface area (Å²) in [6.45, 7) is -0.120. The Kier molecular flexibility index (Phi) is 5.21. The molecule has 2 rings (SSSR count). The number of nitrogens with one attached hydrogen (secondary N) is 1. The van der Waals surface area contributed by atoms with Crippen molar-refractivity contribution in [1.82, 2.24) is 8.75 Å². The predicted molar refractivity (Wildman–Crippen MR) is 74.0 cm³/mol. The second-order valence-corrected chi connectivity index (χ2v) is 5.31. The normalized spacial score (nSPS) is 12.2. The molecule has 0 aliphatic rings. The van der Waals surface area contributed by atoms with Crippen LogP contribution in [0.5, 0.6) is 5.88 Å². The minimum atomic E-state index is -0.945. The Labute approximate surface area is 126 Å². The largest absolute Gasteiger partial charge is 0.473 e. The highest BCUT2D eigenvalue weighted by Crippen LogP contribution is 2.23. The third-order valence-electron chi connectivity index (χ3n) is 2.29. The van der Waals surface area contributed by atoms with Gasteiger partial charge in [0, 0.05) is 11.0 Å². The Bertz CT molecular complexity index is 548. The summed E-state index contributed by atoms with van der Waals surface area (Å²) >= 11 is 3.97. The predicted octanol–water partition coefficient (Wildman–Crippen LogP) is 2.43. The third-order valence-corrected chi connectivity index (χ3v) is 3.21. The Morgan fingerprint density at radius 2 is 2.10 bits per heavy atom. The van der Waals surface area contributed by atoms with Gasteiger partial charge in [-0.25, -0.2) is 8.78 Å². The van der Waals surface area contributed by atoms with Crippen molar-refractivity contribution in [2.75, 3.05) is 18.5 Å². The van der Waals surface area contributed by atoms with Gasteiger partial charge in [0.25, 0.3) is 0 Å². The molecule has 0 aliphatic carbocycles. The van der Waals surface area contributed by atoms with E-state index in [1.165, 1.54) is 6.20 Å². The first-order valence-electron chi connectivity index (χ1n) is 5.53. The number of hydrogen-bond donors (Lipinski definition) is 2. The molecule has 1 unspecified atom stereocenters. The van der Waals surface area contributed by atoms with Crippen LogP contribution >= 0.6 is 27.7 Å². The molecule has 1 atom stereocenters. The molecule has 0 saturated heterocycles. The summed E-state index contributed by atoms with van der Waals surface area (Å²) in [7, 11) is 0. The number of nitrogens with zero attached hydrogens (tertiary/aromatic N) is 2. The SMILES string of the molecule is OC(CNc1c(F)cc(Br)cc1F)COc1cnsn1. The first-order valence-corrected chi connectivity index (χ1v) is 7.05. The van der Waals surface area contributed by atoms with Crippen molar-refractivity contribution in [3.8, 4) is 5.88 Å². The van der Waals surface area contributed by atoms with Crippen molar-refractivity contribution in [3.63, 3.8) is 0 Å². The maximum absolute atomic E-state index is 13.5. The van der Waals surface area contributed by atoms with Crippen LogP contribution < -0.4 is 10.1 Å². The zero-order valence-corrected chi connectivity index (χ0v) is 12.4. The molecule has 0 saturated carbocycles. The molecule has 0 aliphatic heterocycles. The number of aliphatic hydroxyl groups is 1. The van der Waals surface area contributed by atoms with Gasteiger partial charge in [-0.05, 0) is 12.1 Å². The van der Waals surface area contributed by atoms with Crippen molar-refractivity contribution >= 4 is 33.3 Å². The quantitative estimate of drug-likeness (QED) is 0.822. The van der Waals surface area contributed by atoms with Crippen LogP contribution in [0.2, 0.25) is 0 Å².